The molecule has 0 bridgehead atoms. The van der Waals surface area contributed by atoms with E-state index in [1.807, 2.05) is 0 Å². The number of carbonyl (C=O) groups excluding carboxylic acids is 1. The van der Waals surface area contributed by atoms with Crippen LogP contribution in [0.2, 0.25) is 0 Å². The van der Waals surface area contributed by atoms with E-state index in [2.05, 4.69) is 53.0 Å². The van der Waals surface area contributed by atoms with Gasteiger partial charge in [-0.3, -0.25) is 4.79 Å². The average molecular weight is 336 g/mol. The van der Waals surface area contributed by atoms with Crippen LogP contribution in [0.3, 0.4) is 0 Å². The Hall–Kier alpha value is -2.27. The van der Waals surface area contributed by atoms with Crippen molar-refractivity contribution in [1.29, 1.82) is 0 Å². The zero-order chi connectivity index (χ0) is 17.4. The number of hydrogen-bond donors (Lipinski definition) is 0. The Morgan fingerprint density at radius 3 is 2.48 bits per heavy atom. The van der Waals surface area contributed by atoms with E-state index in [9.17, 15) is 4.79 Å². The SMILES string of the molecule is Cc1ccc(C2CC(=O)c3cnc(N4CCN(C)CC4)nc3C2)cc1. The second-order valence-electron chi connectivity index (χ2n) is 7.26. The largest absolute Gasteiger partial charge is 0.338 e. The molecule has 2 heterocycles. The quantitative estimate of drug-likeness (QED) is 0.843. The third-order valence-electron chi connectivity index (χ3n) is 5.36. The standard InChI is InChI=1S/C20H24N4O/c1-14-3-5-15(6-4-14)16-11-18-17(19(25)12-16)13-21-20(22-18)24-9-7-23(2)8-10-24/h3-6,13,16H,7-12H2,1-2H3. The highest BCUT2D eigenvalue weighted by Crippen LogP contribution is 2.32. The molecule has 1 saturated heterocycles. The molecule has 1 atom stereocenters. The number of anilines is 1. The molecule has 5 nitrogen and oxygen atoms in total. The highest BCUT2D eigenvalue weighted by Gasteiger charge is 2.29. The Bertz CT molecular complexity index is 779. The number of ketones is 1. The van der Waals surface area contributed by atoms with Gasteiger partial charge in [-0.05, 0) is 31.9 Å². The van der Waals surface area contributed by atoms with E-state index in [1.54, 1.807) is 6.20 Å². The van der Waals surface area contributed by atoms with Crippen LogP contribution in [0, 0.1) is 6.92 Å². The van der Waals surface area contributed by atoms with Gasteiger partial charge in [0, 0.05) is 38.8 Å². The van der Waals surface area contributed by atoms with Gasteiger partial charge in [0.15, 0.2) is 5.78 Å². The van der Waals surface area contributed by atoms with E-state index >= 15 is 0 Å². The lowest BCUT2D eigenvalue weighted by atomic mass is 9.82. The summed E-state index contributed by atoms with van der Waals surface area (Å²) in [5.41, 5.74) is 4.09. The van der Waals surface area contributed by atoms with Crippen molar-refractivity contribution in [3.05, 3.63) is 52.8 Å². The van der Waals surface area contributed by atoms with Crippen LogP contribution < -0.4 is 4.90 Å². The molecule has 2 aromatic rings. The maximum absolute atomic E-state index is 12.6. The molecule has 2 aliphatic rings. The topological polar surface area (TPSA) is 49.3 Å². The number of piperazine rings is 1. The van der Waals surface area contributed by atoms with E-state index in [0.717, 1.165) is 44.2 Å². The highest BCUT2D eigenvalue weighted by molar-refractivity contribution is 5.98. The zero-order valence-electron chi connectivity index (χ0n) is 14.9. The number of benzene rings is 1. The number of aryl methyl sites for hydroxylation is 1. The maximum atomic E-state index is 12.6. The first-order valence-electron chi connectivity index (χ1n) is 8.99. The van der Waals surface area contributed by atoms with Crippen molar-refractivity contribution in [1.82, 2.24) is 14.9 Å². The molecule has 5 heteroatoms. The van der Waals surface area contributed by atoms with Crippen molar-refractivity contribution in [2.24, 2.45) is 0 Å². The number of carbonyl (C=O) groups is 1. The molecule has 4 rings (SSSR count). The Morgan fingerprint density at radius 2 is 1.76 bits per heavy atom. The molecule has 1 aliphatic heterocycles. The molecular weight excluding hydrogens is 312 g/mol. The van der Waals surface area contributed by atoms with Gasteiger partial charge in [0.25, 0.3) is 0 Å². The predicted octanol–water partition coefficient (Wildman–Crippen LogP) is 2.45. The van der Waals surface area contributed by atoms with Crippen molar-refractivity contribution >= 4 is 11.7 Å². The van der Waals surface area contributed by atoms with Crippen LogP contribution in [-0.2, 0) is 6.42 Å². The third kappa shape index (κ3) is 3.29. The van der Waals surface area contributed by atoms with E-state index in [0.29, 0.717) is 12.0 Å². The third-order valence-corrected chi connectivity index (χ3v) is 5.36. The fourth-order valence-corrected chi connectivity index (χ4v) is 3.67. The first kappa shape index (κ1) is 16.2. The second kappa shape index (κ2) is 6.56. The van der Waals surface area contributed by atoms with Crippen LogP contribution in [0.5, 0.6) is 0 Å². The number of likely N-dealkylation sites (N-methyl/N-ethyl adjacent to an activating group) is 1. The molecule has 1 aromatic carbocycles. The molecule has 1 aromatic heterocycles. The summed E-state index contributed by atoms with van der Waals surface area (Å²) >= 11 is 0. The molecule has 0 amide bonds. The van der Waals surface area contributed by atoms with E-state index in [-0.39, 0.29) is 11.7 Å². The van der Waals surface area contributed by atoms with Gasteiger partial charge < -0.3 is 9.80 Å². The van der Waals surface area contributed by atoms with Crippen LogP contribution in [0.25, 0.3) is 0 Å². The summed E-state index contributed by atoms with van der Waals surface area (Å²) in [7, 11) is 2.13. The summed E-state index contributed by atoms with van der Waals surface area (Å²) < 4.78 is 0. The van der Waals surface area contributed by atoms with Crippen LogP contribution in [0.1, 0.15) is 39.5 Å². The van der Waals surface area contributed by atoms with Gasteiger partial charge in [-0.2, -0.15) is 0 Å². The molecular formula is C20H24N4O. The predicted molar refractivity (Wildman–Crippen MR) is 98.3 cm³/mol. The summed E-state index contributed by atoms with van der Waals surface area (Å²) in [5.74, 6) is 1.15. The smallest absolute Gasteiger partial charge is 0.225 e. The Kier molecular flexibility index (Phi) is 4.25. The molecule has 1 unspecified atom stereocenters. The normalized spacial score (nSPS) is 21.3. The van der Waals surface area contributed by atoms with Crippen LogP contribution in [-0.4, -0.2) is 53.9 Å². The van der Waals surface area contributed by atoms with E-state index < -0.39 is 0 Å². The summed E-state index contributed by atoms with van der Waals surface area (Å²) in [6.45, 7) is 5.99. The Balaban J connectivity index is 1.59. The van der Waals surface area contributed by atoms with Gasteiger partial charge in [-0.15, -0.1) is 0 Å². The van der Waals surface area contributed by atoms with Crippen LogP contribution in [0.4, 0.5) is 5.95 Å². The molecule has 0 N–H and O–H groups in total. The number of Topliss-reactive ketones (excluding diaryl/α,β-unsaturated/α-hetero) is 1. The van der Waals surface area contributed by atoms with Crippen LogP contribution in [0.15, 0.2) is 30.5 Å². The summed E-state index contributed by atoms with van der Waals surface area (Å²) in [6, 6.07) is 8.51. The van der Waals surface area contributed by atoms with E-state index in [1.165, 1.54) is 11.1 Å². The molecule has 0 spiro atoms. The summed E-state index contributed by atoms with van der Waals surface area (Å²) in [5, 5.41) is 0. The van der Waals surface area contributed by atoms with Crippen molar-refractivity contribution in [2.75, 3.05) is 38.1 Å². The minimum Gasteiger partial charge on any atom is -0.338 e. The number of fused-ring (bicyclic) bond motifs is 1. The van der Waals surface area contributed by atoms with Crippen molar-refractivity contribution in [3.8, 4) is 0 Å². The van der Waals surface area contributed by atoms with Crippen molar-refractivity contribution in [3.63, 3.8) is 0 Å². The Morgan fingerprint density at radius 1 is 1.04 bits per heavy atom. The first-order chi connectivity index (χ1) is 12.1. The van der Waals surface area contributed by atoms with Gasteiger partial charge in [0.05, 0.1) is 11.3 Å². The monoisotopic (exact) mass is 336 g/mol. The molecule has 0 radical (unpaired) electrons. The fraction of sp³-hybridized carbons (Fsp3) is 0.450. The minimum atomic E-state index is 0.164. The van der Waals surface area contributed by atoms with Gasteiger partial charge in [-0.25, -0.2) is 9.97 Å². The van der Waals surface area contributed by atoms with Gasteiger partial charge in [0.1, 0.15) is 0 Å². The van der Waals surface area contributed by atoms with Crippen molar-refractivity contribution < 1.29 is 4.79 Å². The van der Waals surface area contributed by atoms with Crippen molar-refractivity contribution in [2.45, 2.75) is 25.7 Å². The average Bonchev–Trinajstić information content (AvgIpc) is 2.62. The summed E-state index contributed by atoms with van der Waals surface area (Å²) in [4.78, 5) is 26.4. The van der Waals surface area contributed by atoms with Crippen LogP contribution >= 0.6 is 0 Å². The lowest BCUT2D eigenvalue weighted by Crippen LogP contribution is -2.45. The molecule has 1 fully saturated rings. The van der Waals surface area contributed by atoms with E-state index in [4.69, 9.17) is 4.98 Å². The number of nitrogens with zero attached hydrogens (tertiary/aromatic N) is 4. The highest BCUT2D eigenvalue weighted by atomic mass is 16.1. The lowest BCUT2D eigenvalue weighted by molar-refractivity contribution is 0.0962. The maximum Gasteiger partial charge on any atom is 0.225 e. The zero-order valence-corrected chi connectivity index (χ0v) is 14.9. The fourth-order valence-electron chi connectivity index (χ4n) is 3.67. The first-order valence-corrected chi connectivity index (χ1v) is 8.99. The molecule has 0 saturated carbocycles. The molecule has 25 heavy (non-hydrogen) atoms. The molecule has 130 valence electrons. The number of aromatic nitrogens is 2. The number of rotatable bonds is 2. The van der Waals surface area contributed by atoms with Gasteiger partial charge >= 0.3 is 0 Å². The second-order valence-corrected chi connectivity index (χ2v) is 7.26. The molecule has 1 aliphatic carbocycles. The minimum absolute atomic E-state index is 0.164. The van der Waals surface area contributed by atoms with Gasteiger partial charge in [0.2, 0.25) is 5.95 Å². The van der Waals surface area contributed by atoms with Gasteiger partial charge in [-0.1, -0.05) is 29.8 Å². The summed E-state index contributed by atoms with van der Waals surface area (Å²) in [6.07, 6.45) is 3.10. The number of hydrogen-bond acceptors (Lipinski definition) is 5. The lowest BCUT2D eigenvalue weighted by Gasteiger charge is -2.33. The Labute approximate surface area is 148 Å².